The van der Waals surface area contributed by atoms with E-state index in [1.165, 1.54) is 38.5 Å². The molecule has 0 aromatic heterocycles. The van der Waals surface area contributed by atoms with Crippen molar-refractivity contribution in [3.8, 4) is 23.0 Å². The van der Waals surface area contributed by atoms with E-state index in [9.17, 15) is 18.3 Å². The molecule has 0 amide bonds. The fourth-order valence-corrected chi connectivity index (χ4v) is 5.52. The van der Waals surface area contributed by atoms with Crippen molar-refractivity contribution in [2.24, 2.45) is 0 Å². The lowest BCUT2D eigenvalue weighted by Gasteiger charge is -2.28. The first-order valence-corrected chi connectivity index (χ1v) is 13.4. The fraction of sp³-hybridized carbons (Fsp3) is 0.269. The Labute approximate surface area is 223 Å². The molecule has 1 aliphatic rings. The normalized spacial score (nSPS) is 18.5. The Balaban J connectivity index is 1.91. The van der Waals surface area contributed by atoms with Crippen LogP contribution in [0, 0.1) is 6.92 Å². The Bertz CT molecular complexity index is 1440. The highest BCUT2D eigenvalue weighted by Gasteiger charge is 2.58. The van der Waals surface area contributed by atoms with Gasteiger partial charge in [-0.05, 0) is 38.1 Å². The first kappa shape index (κ1) is 26.8. The maximum Gasteiger partial charge on any atom is 0.347 e. The van der Waals surface area contributed by atoms with E-state index < -0.39 is 27.8 Å². The van der Waals surface area contributed by atoms with Crippen LogP contribution in [0.1, 0.15) is 29.7 Å². The van der Waals surface area contributed by atoms with Crippen LogP contribution >= 0.6 is 15.9 Å². The molecule has 1 aliphatic heterocycles. The number of esters is 1. The average molecular weight is 593 g/mol. The van der Waals surface area contributed by atoms with Crippen LogP contribution in [0.2, 0.25) is 0 Å². The lowest BCUT2D eigenvalue weighted by molar-refractivity contribution is -0.174. The largest absolute Gasteiger partial charge is 0.497 e. The van der Waals surface area contributed by atoms with Gasteiger partial charge in [-0.15, -0.1) is 0 Å². The number of ether oxygens (including phenoxy) is 4. The third-order valence-corrected chi connectivity index (χ3v) is 7.80. The minimum atomic E-state index is -4.36. The summed E-state index contributed by atoms with van der Waals surface area (Å²) in [6.07, 6.45) is -1.32. The van der Waals surface area contributed by atoms with Gasteiger partial charge in [0.25, 0.3) is 0 Å². The molecule has 196 valence electrons. The van der Waals surface area contributed by atoms with Gasteiger partial charge in [0, 0.05) is 22.2 Å². The molecule has 11 heteroatoms. The van der Waals surface area contributed by atoms with E-state index in [0.29, 0.717) is 15.8 Å². The second-order valence-electron chi connectivity index (χ2n) is 8.22. The van der Waals surface area contributed by atoms with Gasteiger partial charge in [0.1, 0.15) is 22.1 Å². The Morgan fingerprint density at radius 2 is 1.73 bits per heavy atom. The summed E-state index contributed by atoms with van der Waals surface area (Å²) in [5, 5.41) is 12.0. The van der Waals surface area contributed by atoms with Crippen LogP contribution in [0.25, 0.3) is 0 Å². The highest BCUT2D eigenvalue weighted by atomic mass is 79.9. The summed E-state index contributed by atoms with van der Waals surface area (Å²) >= 11 is 3.44. The van der Waals surface area contributed by atoms with E-state index in [1.54, 1.807) is 37.3 Å². The van der Waals surface area contributed by atoms with Crippen LogP contribution in [-0.2, 0) is 25.3 Å². The van der Waals surface area contributed by atoms with Crippen molar-refractivity contribution in [3.05, 3.63) is 75.8 Å². The van der Waals surface area contributed by atoms with Crippen molar-refractivity contribution in [3.63, 3.8) is 0 Å². The number of hydrogen-bond acceptors (Lipinski definition) is 9. The Morgan fingerprint density at radius 3 is 2.32 bits per heavy atom. The van der Waals surface area contributed by atoms with Gasteiger partial charge in [0.15, 0.2) is 11.9 Å². The van der Waals surface area contributed by atoms with Gasteiger partial charge in [-0.3, -0.25) is 0 Å². The minimum absolute atomic E-state index is 0.00303. The van der Waals surface area contributed by atoms with Crippen LogP contribution in [0.15, 0.2) is 64.0 Å². The Hall–Kier alpha value is -3.28. The highest BCUT2D eigenvalue weighted by molar-refractivity contribution is 9.10. The zero-order chi connectivity index (χ0) is 27.0. The third kappa shape index (κ3) is 4.86. The number of hydrogen-bond donors (Lipinski definition) is 1. The molecule has 4 rings (SSSR count). The number of methoxy groups -OCH3 is 2. The summed E-state index contributed by atoms with van der Waals surface area (Å²) in [7, 11) is -1.48. The van der Waals surface area contributed by atoms with Gasteiger partial charge >= 0.3 is 16.1 Å². The van der Waals surface area contributed by atoms with Crippen molar-refractivity contribution >= 4 is 32.0 Å². The fourth-order valence-electron chi connectivity index (χ4n) is 4.02. The lowest BCUT2D eigenvalue weighted by atomic mass is 9.85. The van der Waals surface area contributed by atoms with Gasteiger partial charge in [-0.2, -0.15) is 8.42 Å². The molecule has 0 unspecified atom stereocenters. The van der Waals surface area contributed by atoms with Crippen LogP contribution < -0.4 is 18.4 Å². The van der Waals surface area contributed by atoms with Crippen molar-refractivity contribution in [1.29, 1.82) is 0 Å². The molecule has 2 atom stereocenters. The number of carbonyl (C=O) groups is 1. The quantitative estimate of drug-likeness (QED) is 0.299. The monoisotopic (exact) mass is 592 g/mol. The van der Waals surface area contributed by atoms with E-state index in [1.807, 2.05) is 6.92 Å². The van der Waals surface area contributed by atoms with Gasteiger partial charge in [-0.25, -0.2) is 4.79 Å². The van der Waals surface area contributed by atoms with Gasteiger partial charge in [-0.1, -0.05) is 39.7 Å². The average Bonchev–Trinajstić information content (AvgIpc) is 3.17. The maximum absolute atomic E-state index is 13.3. The van der Waals surface area contributed by atoms with Crippen LogP contribution in [0.4, 0.5) is 0 Å². The summed E-state index contributed by atoms with van der Waals surface area (Å²) in [5.41, 5.74) is -1.42. The number of aryl methyl sites for hydroxylation is 1. The minimum Gasteiger partial charge on any atom is -0.497 e. The Morgan fingerprint density at radius 1 is 1.05 bits per heavy atom. The first-order valence-electron chi connectivity index (χ1n) is 11.2. The molecule has 0 spiro atoms. The predicted octanol–water partition coefficient (Wildman–Crippen LogP) is 4.43. The topological polar surface area (TPSA) is 118 Å². The molecule has 9 nitrogen and oxygen atoms in total. The molecule has 3 aromatic rings. The zero-order valence-corrected chi connectivity index (χ0v) is 22.9. The standard InChI is InChI=1S/C26H25BrO9S/c1-5-34-25(28)26(29)23-21(35-24(26)19-11-8-16(32-3)12-20(19)27)13-17(33-4)14-22(23)36-37(30,31)18-9-6-15(2)7-10-18/h6-14,24,29H,5H2,1-4H3/t24-,26+/m0/s1. The number of fused-ring (bicyclic) bond motifs is 1. The first-order chi connectivity index (χ1) is 17.5. The van der Waals surface area contributed by atoms with Gasteiger partial charge < -0.3 is 28.2 Å². The summed E-state index contributed by atoms with van der Waals surface area (Å²) in [5.74, 6) is -0.659. The van der Waals surface area contributed by atoms with E-state index in [2.05, 4.69) is 15.9 Å². The third-order valence-electron chi connectivity index (χ3n) is 5.87. The van der Waals surface area contributed by atoms with E-state index >= 15 is 0 Å². The second-order valence-corrected chi connectivity index (χ2v) is 10.6. The lowest BCUT2D eigenvalue weighted by Crippen LogP contribution is -2.42. The summed E-state index contributed by atoms with van der Waals surface area (Å²) in [6, 6.07) is 13.6. The number of benzene rings is 3. The number of halogens is 1. The second kappa shape index (κ2) is 10.2. The molecule has 3 aromatic carbocycles. The molecular formula is C26H25BrO9S. The van der Waals surface area contributed by atoms with Crippen molar-refractivity contribution < 1.29 is 41.4 Å². The van der Waals surface area contributed by atoms with Crippen molar-refractivity contribution in [2.75, 3.05) is 20.8 Å². The molecule has 0 radical (unpaired) electrons. The molecule has 0 saturated heterocycles. The molecule has 0 bridgehead atoms. The number of aliphatic hydroxyl groups is 1. The highest BCUT2D eigenvalue weighted by Crippen LogP contribution is 2.56. The Kier molecular flexibility index (Phi) is 7.40. The molecular weight excluding hydrogens is 568 g/mol. The van der Waals surface area contributed by atoms with Crippen LogP contribution in [0.5, 0.6) is 23.0 Å². The van der Waals surface area contributed by atoms with E-state index in [-0.39, 0.29) is 34.3 Å². The predicted molar refractivity (Wildman–Crippen MR) is 137 cm³/mol. The smallest absolute Gasteiger partial charge is 0.347 e. The molecule has 1 N–H and O–H groups in total. The molecule has 37 heavy (non-hydrogen) atoms. The van der Waals surface area contributed by atoms with Crippen LogP contribution in [0.3, 0.4) is 0 Å². The zero-order valence-electron chi connectivity index (χ0n) is 20.5. The van der Waals surface area contributed by atoms with Gasteiger partial charge in [0.05, 0.1) is 26.4 Å². The number of rotatable bonds is 8. The van der Waals surface area contributed by atoms with E-state index in [4.69, 9.17) is 23.1 Å². The summed E-state index contributed by atoms with van der Waals surface area (Å²) < 4.78 is 54.2. The summed E-state index contributed by atoms with van der Waals surface area (Å²) in [6.45, 7) is 3.37. The van der Waals surface area contributed by atoms with E-state index in [0.717, 1.165) is 5.56 Å². The van der Waals surface area contributed by atoms with Crippen LogP contribution in [-0.4, -0.2) is 40.3 Å². The van der Waals surface area contributed by atoms with Crippen molar-refractivity contribution in [2.45, 2.75) is 30.4 Å². The molecule has 0 aliphatic carbocycles. The van der Waals surface area contributed by atoms with Gasteiger partial charge in [0.2, 0.25) is 5.60 Å². The molecule has 0 fully saturated rings. The molecule has 1 heterocycles. The SMILES string of the molecule is CCOC(=O)[C@@]1(O)c2c(cc(OC)cc2OS(=O)(=O)c2ccc(C)cc2)O[C@H]1c1ccc(OC)cc1Br. The van der Waals surface area contributed by atoms with Crippen molar-refractivity contribution in [1.82, 2.24) is 0 Å². The molecule has 0 saturated carbocycles. The number of carbonyl (C=O) groups excluding carboxylic acids is 1. The maximum atomic E-state index is 13.3. The summed E-state index contributed by atoms with van der Waals surface area (Å²) in [4.78, 5) is 13.2.